The molecule has 1 fully saturated rings. The van der Waals surface area contributed by atoms with E-state index >= 15 is 0 Å². The number of imidazole rings is 2. The number of benzene rings is 2. The van der Waals surface area contributed by atoms with Gasteiger partial charge in [0.2, 0.25) is 5.91 Å². The third kappa shape index (κ3) is 5.11. The van der Waals surface area contributed by atoms with E-state index in [1.807, 2.05) is 24.2 Å². The lowest BCUT2D eigenvalue weighted by atomic mass is 10.0. The molecular formula is C28H30N6O3. The lowest BCUT2D eigenvalue weighted by Crippen LogP contribution is -2.48. The molecule has 1 aliphatic heterocycles. The number of carbonyl (C=O) groups is 2. The lowest BCUT2D eigenvalue weighted by Gasteiger charge is -2.27. The van der Waals surface area contributed by atoms with E-state index in [1.165, 1.54) is 7.11 Å². The largest absolute Gasteiger partial charge is 0.453 e. The quantitative estimate of drug-likeness (QED) is 0.334. The Bertz CT molecular complexity index is 1350. The summed E-state index contributed by atoms with van der Waals surface area (Å²) in [5.41, 5.74) is 6.25. The van der Waals surface area contributed by atoms with Crippen molar-refractivity contribution in [1.82, 2.24) is 30.2 Å². The summed E-state index contributed by atoms with van der Waals surface area (Å²) in [6.07, 6.45) is 6.89. The fourth-order valence-electron chi connectivity index (χ4n) is 4.81. The number of methoxy groups -OCH3 is 1. The second kappa shape index (κ2) is 10.7. The number of nitrogens with one attached hydrogen (secondary N) is 3. The predicted molar refractivity (Wildman–Crippen MR) is 140 cm³/mol. The van der Waals surface area contributed by atoms with Gasteiger partial charge in [-0.3, -0.25) is 4.79 Å². The number of H-pyrrole nitrogens is 2. The molecule has 9 nitrogen and oxygen atoms in total. The van der Waals surface area contributed by atoms with Gasteiger partial charge in [-0.25, -0.2) is 14.8 Å². The van der Waals surface area contributed by atoms with E-state index in [0.717, 1.165) is 52.3 Å². The van der Waals surface area contributed by atoms with Gasteiger partial charge in [-0.2, -0.15) is 0 Å². The average Bonchev–Trinajstić information content (AvgIpc) is 3.73. The van der Waals surface area contributed by atoms with Crippen LogP contribution in [-0.2, 0) is 9.53 Å². The van der Waals surface area contributed by atoms with Crippen LogP contribution in [0.1, 0.15) is 38.1 Å². The summed E-state index contributed by atoms with van der Waals surface area (Å²) in [7, 11) is 1.29. The summed E-state index contributed by atoms with van der Waals surface area (Å²) in [6.45, 7) is 2.50. The van der Waals surface area contributed by atoms with E-state index in [-0.39, 0.29) is 11.9 Å². The van der Waals surface area contributed by atoms with Crippen LogP contribution in [0.4, 0.5) is 4.79 Å². The summed E-state index contributed by atoms with van der Waals surface area (Å²) in [5.74, 6) is 0.642. The molecule has 0 spiro atoms. The molecule has 0 saturated carbocycles. The van der Waals surface area contributed by atoms with Crippen LogP contribution >= 0.6 is 0 Å². The van der Waals surface area contributed by atoms with Crippen LogP contribution in [0.2, 0.25) is 0 Å². The van der Waals surface area contributed by atoms with Crippen molar-refractivity contribution in [2.24, 2.45) is 0 Å². The fraction of sp³-hybridized carbons (Fsp3) is 0.286. The van der Waals surface area contributed by atoms with Crippen molar-refractivity contribution in [3.05, 3.63) is 73.1 Å². The Labute approximate surface area is 215 Å². The predicted octanol–water partition coefficient (Wildman–Crippen LogP) is 4.93. The molecule has 0 aliphatic carbocycles. The number of nitrogens with zero attached hydrogens (tertiary/aromatic N) is 3. The molecule has 2 aromatic heterocycles. The molecule has 0 radical (unpaired) electrons. The Hall–Kier alpha value is -4.40. The van der Waals surface area contributed by atoms with Crippen LogP contribution in [0.5, 0.6) is 0 Å². The third-order valence-electron chi connectivity index (χ3n) is 6.85. The fourth-order valence-corrected chi connectivity index (χ4v) is 4.81. The first-order valence-corrected chi connectivity index (χ1v) is 12.5. The molecule has 5 rings (SSSR count). The highest BCUT2D eigenvalue weighted by molar-refractivity contribution is 5.86. The second-order valence-corrected chi connectivity index (χ2v) is 9.09. The third-order valence-corrected chi connectivity index (χ3v) is 6.85. The molecule has 0 bridgehead atoms. The van der Waals surface area contributed by atoms with Gasteiger partial charge < -0.3 is 24.9 Å². The summed E-state index contributed by atoms with van der Waals surface area (Å²) in [6, 6.07) is 15.9. The van der Waals surface area contributed by atoms with Crippen molar-refractivity contribution in [2.45, 2.75) is 38.3 Å². The molecule has 37 heavy (non-hydrogen) atoms. The van der Waals surface area contributed by atoms with Crippen molar-refractivity contribution in [3.63, 3.8) is 0 Å². The van der Waals surface area contributed by atoms with Crippen LogP contribution < -0.4 is 5.32 Å². The topological polar surface area (TPSA) is 116 Å². The molecule has 190 valence electrons. The minimum absolute atomic E-state index is 0.115. The van der Waals surface area contributed by atoms with E-state index in [9.17, 15) is 9.59 Å². The molecule has 3 heterocycles. The first kappa shape index (κ1) is 24.3. The molecule has 4 aromatic rings. The Morgan fingerprint density at radius 1 is 1.03 bits per heavy atom. The first-order chi connectivity index (χ1) is 18.1. The number of aromatic nitrogens is 4. The molecule has 9 heteroatoms. The summed E-state index contributed by atoms with van der Waals surface area (Å²) in [5, 5.41) is 2.64. The molecule has 0 unspecified atom stereocenters. The standard InChI is InChI=1S/C28H30N6O3/c1-3-22(33-28(36)37-2)27(35)34-14-4-5-25(34)26-30-16-24(32-26)21-12-8-19(9-13-21)18-6-10-20(11-7-18)23-15-29-17-31-23/h6-13,15-17,22,25H,3-5,14H2,1-2H3,(H,29,31)(H,30,32)(H,33,36)/t22-,25-/m0/s1. The highest BCUT2D eigenvalue weighted by Gasteiger charge is 2.35. The van der Waals surface area contributed by atoms with Crippen LogP contribution in [-0.4, -0.2) is 56.5 Å². The number of hydrogen-bond donors (Lipinski definition) is 3. The molecular weight excluding hydrogens is 468 g/mol. The van der Waals surface area contributed by atoms with Crippen molar-refractivity contribution >= 4 is 12.0 Å². The van der Waals surface area contributed by atoms with Crippen molar-refractivity contribution in [2.75, 3.05) is 13.7 Å². The Balaban J connectivity index is 1.29. The number of aromatic amines is 2. The van der Waals surface area contributed by atoms with Gasteiger partial charge in [0.05, 0.1) is 43.3 Å². The molecule has 1 aliphatic rings. The summed E-state index contributed by atoms with van der Waals surface area (Å²) >= 11 is 0. The van der Waals surface area contributed by atoms with Gasteiger partial charge in [0, 0.05) is 6.54 Å². The number of hydrogen-bond acceptors (Lipinski definition) is 5. The number of likely N-dealkylation sites (tertiary alicyclic amines) is 1. The average molecular weight is 499 g/mol. The first-order valence-electron chi connectivity index (χ1n) is 12.5. The Morgan fingerprint density at radius 3 is 2.27 bits per heavy atom. The van der Waals surface area contributed by atoms with Gasteiger partial charge >= 0.3 is 6.09 Å². The van der Waals surface area contributed by atoms with E-state index in [2.05, 4.69) is 78.5 Å². The van der Waals surface area contributed by atoms with Gasteiger partial charge in [0.15, 0.2) is 0 Å². The Kier molecular flexibility index (Phi) is 7.02. The zero-order valence-corrected chi connectivity index (χ0v) is 20.9. The smallest absolute Gasteiger partial charge is 0.407 e. The zero-order chi connectivity index (χ0) is 25.8. The van der Waals surface area contributed by atoms with Gasteiger partial charge in [0.1, 0.15) is 11.9 Å². The zero-order valence-electron chi connectivity index (χ0n) is 20.9. The van der Waals surface area contributed by atoms with Crippen molar-refractivity contribution in [3.8, 4) is 33.6 Å². The second-order valence-electron chi connectivity index (χ2n) is 9.09. The summed E-state index contributed by atoms with van der Waals surface area (Å²) < 4.78 is 4.67. The van der Waals surface area contributed by atoms with E-state index < -0.39 is 12.1 Å². The maximum absolute atomic E-state index is 13.2. The molecule has 3 N–H and O–H groups in total. The highest BCUT2D eigenvalue weighted by atomic mass is 16.5. The minimum atomic E-state index is -0.622. The van der Waals surface area contributed by atoms with E-state index in [4.69, 9.17) is 0 Å². The minimum Gasteiger partial charge on any atom is -0.453 e. The molecule has 2 aromatic carbocycles. The van der Waals surface area contributed by atoms with Gasteiger partial charge in [0.25, 0.3) is 0 Å². The molecule has 2 atom stereocenters. The number of carbonyl (C=O) groups excluding carboxylic acids is 2. The summed E-state index contributed by atoms with van der Waals surface area (Å²) in [4.78, 5) is 41.9. The van der Waals surface area contributed by atoms with Crippen LogP contribution in [0.25, 0.3) is 33.6 Å². The van der Waals surface area contributed by atoms with Crippen LogP contribution in [0.15, 0.2) is 67.3 Å². The van der Waals surface area contributed by atoms with Gasteiger partial charge in [-0.05, 0) is 41.5 Å². The van der Waals surface area contributed by atoms with Crippen LogP contribution in [0, 0.1) is 0 Å². The number of amides is 2. The van der Waals surface area contributed by atoms with Gasteiger partial charge in [-0.1, -0.05) is 55.5 Å². The molecule has 1 saturated heterocycles. The number of ether oxygens (including phenoxy) is 1. The number of rotatable bonds is 7. The maximum Gasteiger partial charge on any atom is 0.407 e. The molecule has 2 amide bonds. The Morgan fingerprint density at radius 2 is 1.68 bits per heavy atom. The van der Waals surface area contributed by atoms with E-state index in [0.29, 0.717) is 13.0 Å². The van der Waals surface area contributed by atoms with Crippen molar-refractivity contribution < 1.29 is 14.3 Å². The number of alkyl carbamates (subject to hydrolysis) is 1. The van der Waals surface area contributed by atoms with Gasteiger partial charge in [-0.15, -0.1) is 0 Å². The SMILES string of the molecule is CC[C@H](NC(=O)OC)C(=O)N1CCC[C@H]1c1ncc(-c2ccc(-c3ccc(-c4cnc[nH]4)cc3)cc2)[nH]1. The lowest BCUT2D eigenvalue weighted by molar-refractivity contribution is -0.134. The highest BCUT2D eigenvalue weighted by Crippen LogP contribution is 2.33. The monoisotopic (exact) mass is 498 g/mol. The maximum atomic E-state index is 13.2. The normalized spacial score (nSPS) is 15.9. The van der Waals surface area contributed by atoms with Crippen LogP contribution in [0.3, 0.4) is 0 Å². The van der Waals surface area contributed by atoms with E-state index in [1.54, 1.807) is 6.33 Å². The van der Waals surface area contributed by atoms with Crippen molar-refractivity contribution in [1.29, 1.82) is 0 Å².